The molecule has 0 bridgehead atoms. The zero-order valence-corrected chi connectivity index (χ0v) is 17.7. The van der Waals surface area contributed by atoms with Crippen LogP contribution in [-0.4, -0.2) is 16.4 Å². The van der Waals surface area contributed by atoms with Crippen LogP contribution in [0.25, 0.3) is 10.9 Å². The van der Waals surface area contributed by atoms with Crippen molar-refractivity contribution in [3.8, 4) is 0 Å². The topological polar surface area (TPSA) is 42.0 Å². The molecule has 1 aromatic carbocycles. The highest BCUT2D eigenvalue weighted by Gasteiger charge is 2.56. The summed E-state index contributed by atoms with van der Waals surface area (Å²) in [6.45, 7) is 5.98. The number of pyridine rings is 1. The lowest BCUT2D eigenvalue weighted by Crippen LogP contribution is -2.46. The van der Waals surface area contributed by atoms with Crippen LogP contribution >= 0.6 is 0 Å². The van der Waals surface area contributed by atoms with Crippen LogP contribution in [0.4, 0.5) is 4.39 Å². The Kier molecular flexibility index (Phi) is 4.27. The predicted octanol–water partition coefficient (Wildman–Crippen LogP) is 5.59. The molecule has 4 heteroatoms. The highest BCUT2D eigenvalue weighted by molar-refractivity contribution is 5.83. The molecule has 3 aliphatic rings. The number of aromatic nitrogens is 1. The first-order valence-corrected chi connectivity index (χ1v) is 11.1. The second kappa shape index (κ2) is 6.52. The SMILES string of the molecule is CC(C)(C)C(=O)NC1(C2C[C@H]3CC(c4ccnc5ccc(F)cc45)C[C@H]3C2)CC1. The number of rotatable bonds is 3. The zero-order valence-electron chi connectivity index (χ0n) is 17.7. The number of fused-ring (bicyclic) bond motifs is 2. The fourth-order valence-electron chi connectivity index (χ4n) is 6.00. The van der Waals surface area contributed by atoms with E-state index in [1.54, 1.807) is 12.1 Å². The van der Waals surface area contributed by atoms with Crippen LogP contribution in [0, 0.1) is 29.0 Å². The van der Waals surface area contributed by atoms with Gasteiger partial charge in [0, 0.05) is 22.5 Å². The summed E-state index contributed by atoms with van der Waals surface area (Å²) in [7, 11) is 0. The van der Waals surface area contributed by atoms with E-state index in [4.69, 9.17) is 0 Å². The van der Waals surface area contributed by atoms with Gasteiger partial charge < -0.3 is 5.32 Å². The summed E-state index contributed by atoms with van der Waals surface area (Å²) < 4.78 is 13.8. The van der Waals surface area contributed by atoms with E-state index in [9.17, 15) is 9.18 Å². The van der Waals surface area contributed by atoms with E-state index in [-0.39, 0.29) is 22.7 Å². The molecule has 3 fully saturated rings. The maximum atomic E-state index is 13.8. The highest BCUT2D eigenvalue weighted by Crippen LogP contribution is 2.59. The Morgan fingerprint density at radius 1 is 1.10 bits per heavy atom. The molecular weight excluding hydrogens is 363 g/mol. The second-order valence-corrected chi connectivity index (χ2v) is 10.8. The molecule has 2 aromatic rings. The third kappa shape index (κ3) is 3.35. The number of carbonyl (C=O) groups excluding carboxylic acids is 1. The van der Waals surface area contributed by atoms with Gasteiger partial charge in [-0.15, -0.1) is 0 Å². The highest BCUT2D eigenvalue weighted by atomic mass is 19.1. The normalized spacial score (nSPS) is 30.3. The number of halogens is 1. The van der Waals surface area contributed by atoms with Crippen molar-refractivity contribution in [1.29, 1.82) is 0 Å². The third-order valence-electron chi connectivity index (χ3n) is 7.81. The Hall–Kier alpha value is -1.97. The molecule has 154 valence electrons. The molecule has 0 saturated heterocycles. The summed E-state index contributed by atoms with van der Waals surface area (Å²) in [5.41, 5.74) is 1.90. The predicted molar refractivity (Wildman–Crippen MR) is 113 cm³/mol. The summed E-state index contributed by atoms with van der Waals surface area (Å²) in [4.78, 5) is 17.0. The summed E-state index contributed by atoms with van der Waals surface area (Å²) in [5.74, 6) is 2.58. The zero-order chi connectivity index (χ0) is 20.4. The number of nitrogens with zero attached hydrogens (tertiary/aromatic N) is 1. The molecular formula is C25H31FN2O. The first-order chi connectivity index (χ1) is 13.7. The Bertz CT molecular complexity index is 945. The fourth-order valence-corrected chi connectivity index (χ4v) is 6.00. The molecule has 1 heterocycles. The van der Waals surface area contributed by atoms with E-state index in [1.165, 1.54) is 37.3 Å². The van der Waals surface area contributed by atoms with Gasteiger partial charge >= 0.3 is 0 Å². The van der Waals surface area contributed by atoms with Crippen molar-refractivity contribution in [3.05, 3.63) is 41.8 Å². The number of benzene rings is 1. The van der Waals surface area contributed by atoms with Gasteiger partial charge in [-0.2, -0.15) is 0 Å². The van der Waals surface area contributed by atoms with E-state index >= 15 is 0 Å². The first-order valence-electron chi connectivity index (χ1n) is 11.1. The van der Waals surface area contributed by atoms with Crippen molar-refractivity contribution in [2.45, 2.75) is 70.8 Å². The van der Waals surface area contributed by atoms with E-state index in [2.05, 4.69) is 16.4 Å². The minimum atomic E-state index is -0.327. The molecule has 3 nitrogen and oxygen atoms in total. The van der Waals surface area contributed by atoms with Crippen molar-refractivity contribution in [3.63, 3.8) is 0 Å². The van der Waals surface area contributed by atoms with E-state index in [0.29, 0.717) is 11.8 Å². The van der Waals surface area contributed by atoms with Gasteiger partial charge in [-0.05, 0) is 92.0 Å². The summed E-state index contributed by atoms with van der Waals surface area (Å²) in [6.07, 6.45) is 8.95. The van der Waals surface area contributed by atoms with Crippen molar-refractivity contribution < 1.29 is 9.18 Å². The fraction of sp³-hybridized carbons (Fsp3) is 0.600. The first kappa shape index (κ1) is 19.0. The monoisotopic (exact) mass is 394 g/mol. The molecule has 4 atom stereocenters. The van der Waals surface area contributed by atoms with Gasteiger partial charge in [0.15, 0.2) is 0 Å². The lowest BCUT2D eigenvalue weighted by molar-refractivity contribution is -0.130. The summed E-state index contributed by atoms with van der Waals surface area (Å²) in [6, 6.07) is 7.02. The minimum absolute atomic E-state index is 0.0662. The number of hydrogen-bond donors (Lipinski definition) is 1. The maximum absolute atomic E-state index is 13.8. The van der Waals surface area contributed by atoms with Crippen LogP contribution in [0.5, 0.6) is 0 Å². The van der Waals surface area contributed by atoms with Gasteiger partial charge in [0.1, 0.15) is 5.82 Å². The minimum Gasteiger partial charge on any atom is -0.350 e. The summed E-state index contributed by atoms with van der Waals surface area (Å²) >= 11 is 0. The average molecular weight is 395 g/mol. The van der Waals surface area contributed by atoms with Gasteiger partial charge in [0.25, 0.3) is 0 Å². The molecule has 5 rings (SSSR count). The smallest absolute Gasteiger partial charge is 0.225 e. The largest absolute Gasteiger partial charge is 0.350 e. The van der Waals surface area contributed by atoms with E-state index in [0.717, 1.165) is 35.6 Å². The van der Waals surface area contributed by atoms with E-state index in [1.807, 2.05) is 27.0 Å². The Labute approximate surface area is 172 Å². The van der Waals surface area contributed by atoms with Crippen molar-refractivity contribution in [2.24, 2.45) is 23.2 Å². The number of amides is 1. The lowest BCUT2D eigenvalue weighted by Gasteiger charge is -2.29. The molecule has 0 spiro atoms. The van der Waals surface area contributed by atoms with Gasteiger partial charge in [-0.1, -0.05) is 20.8 Å². The molecule has 1 N–H and O–H groups in total. The van der Waals surface area contributed by atoms with Crippen molar-refractivity contribution in [2.75, 3.05) is 0 Å². The van der Waals surface area contributed by atoms with Gasteiger partial charge in [-0.3, -0.25) is 9.78 Å². The Balaban J connectivity index is 1.30. The van der Waals surface area contributed by atoms with Crippen molar-refractivity contribution in [1.82, 2.24) is 10.3 Å². The van der Waals surface area contributed by atoms with E-state index < -0.39 is 0 Å². The van der Waals surface area contributed by atoms with Crippen LogP contribution in [-0.2, 0) is 4.79 Å². The number of carbonyl (C=O) groups is 1. The van der Waals surface area contributed by atoms with Crippen molar-refractivity contribution >= 4 is 16.8 Å². The molecule has 0 aliphatic heterocycles. The van der Waals surface area contributed by atoms with Gasteiger partial charge in [-0.25, -0.2) is 4.39 Å². The van der Waals surface area contributed by atoms with Crippen LogP contribution in [0.3, 0.4) is 0 Å². The second-order valence-electron chi connectivity index (χ2n) is 10.8. The molecule has 0 radical (unpaired) electrons. The lowest BCUT2D eigenvalue weighted by atomic mass is 9.86. The third-order valence-corrected chi connectivity index (χ3v) is 7.81. The van der Waals surface area contributed by atoms with Gasteiger partial charge in [0.2, 0.25) is 5.91 Å². The van der Waals surface area contributed by atoms with Crippen LogP contribution in [0.2, 0.25) is 0 Å². The molecule has 1 amide bonds. The molecule has 3 aliphatic carbocycles. The molecule has 29 heavy (non-hydrogen) atoms. The number of hydrogen-bond acceptors (Lipinski definition) is 2. The standard InChI is InChI=1S/C25H31FN2O/c1-24(2,3)23(29)28-25(7-8-25)18-12-15-10-17(11-16(15)13-18)20-6-9-27-22-5-4-19(26)14-21(20)22/h4-6,9,14-18H,7-8,10-13H2,1-3H3,(H,28,29)/t15-,16+,17?,18?. The average Bonchev–Trinajstić information content (AvgIpc) is 3.15. The van der Waals surface area contributed by atoms with Gasteiger partial charge in [0.05, 0.1) is 5.52 Å². The van der Waals surface area contributed by atoms with Crippen LogP contribution < -0.4 is 5.32 Å². The van der Waals surface area contributed by atoms with Crippen LogP contribution in [0.1, 0.15) is 70.8 Å². The number of nitrogens with one attached hydrogen (secondary N) is 1. The summed E-state index contributed by atoms with van der Waals surface area (Å²) in [5, 5.41) is 4.40. The van der Waals surface area contributed by atoms with Crippen LogP contribution in [0.15, 0.2) is 30.5 Å². The quantitative estimate of drug-likeness (QED) is 0.737. The molecule has 1 aromatic heterocycles. The Morgan fingerprint density at radius 3 is 2.41 bits per heavy atom. The molecule has 2 unspecified atom stereocenters. The Morgan fingerprint density at radius 2 is 1.79 bits per heavy atom. The maximum Gasteiger partial charge on any atom is 0.225 e. The molecule has 3 saturated carbocycles.